The SMILES string of the molecule is CCCCCc1cc2c(cc1CCC)N(CC1CCN(C)CC1)CCO2. The fourth-order valence-electron chi connectivity index (χ4n) is 4.45. The number of aryl methyl sites for hydroxylation is 2. The summed E-state index contributed by atoms with van der Waals surface area (Å²) in [7, 11) is 2.25. The molecule has 146 valence electrons. The summed E-state index contributed by atoms with van der Waals surface area (Å²) in [6.45, 7) is 10.1. The van der Waals surface area contributed by atoms with E-state index in [-0.39, 0.29) is 0 Å². The molecule has 2 aliphatic rings. The van der Waals surface area contributed by atoms with Crippen molar-refractivity contribution in [3.63, 3.8) is 0 Å². The highest BCUT2D eigenvalue weighted by Crippen LogP contribution is 2.36. The van der Waals surface area contributed by atoms with Gasteiger partial charge in [0.05, 0.1) is 12.2 Å². The number of nitrogens with zero attached hydrogens (tertiary/aromatic N) is 2. The second-order valence-electron chi connectivity index (χ2n) is 8.34. The molecule has 26 heavy (non-hydrogen) atoms. The van der Waals surface area contributed by atoms with Crippen LogP contribution >= 0.6 is 0 Å². The van der Waals surface area contributed by atoms with Crippen molar-refractivity contribution in [3.8, 4) is 5.75 Å². The predicted octanol–water partition coefficient (Wildman–Crippen LogP) is 4.91. The summed E-state index contributed by atoms with van der Waals surface area (Å²) < 4.78 is 6.09. The Morgan fingerprint density at radius 2 is 1.73 bits per heavy atom. The zero-order valence-corrected chi connectivity index (χ0v) is 17.2. The Labute approximate surface area is 160 Å². The van der Waals surface area contributed by atoms with Crippen LogP contribution in [0.25, 0.3) is 0 Å². The maximum absolute atomic E-state index is 6.09. The van der Waals surface area contributed by atoms with Gasteiger partial charge >= 0.3 is 0 Å². The fourth-order valence-corrected chi connectivity index (χ4v) is 4.45. The minimum absolute atomic E-state index is 0.830. The molecule has 1 aromatic rings. The molecule has 0 spiro atoms. The Hall–Kier alpha value is -1.22. The Kier molecular flexibility index (Phi) is 7.24. The molecular formula is C23H38N2O. The molecule has 0 unspecified atom stereocenters. The lowest BCUT2D eigenvalue weighted by molar-refractivity contribution is 0.217. The minimum Gasteiger partial charge on any atom is -0.490 e. The number of piperidine rings is 1. The van der Waals surface area contributed by atoms with E-state index < -0.39 is 0 Å². The van der Waals surface area contributed by atoms with Crippen molar-refractivity contribution in [2.45, 2.75) is 65.2 Å². The summed E-state index contributed by atoms with van der Waals surface area (Å²) in [6, 6.07) is 4.84. The van der Waals surface area contributed by atoms with E-state index in [0.717, 1.165) is 24.8 Å². The second kappa shape index (κ2) is 9.64. The summed E-state index contributed by atoms with van der Waals surface area (Å²) in [4.78, 5) is 5.08. The van der Waals surface area contributed by atoms with Gasteiger partial charge in [0.2, 0.25) is 0 Å². The van der Waals surface area contributed by atoms with E-state index in [2.05, 4.69) is 42.8 Å². The first kappa shape index (κ1) is 19.5. The molecule has 0 N–H and O–H groups in total. The first-order chi connectivity index (χ1) is 12.7. The van der Waals surface area contributed by atoms with Gasteiger partial charge in [-0.15, -0.1) is 0 Å². The van der Waals surface area contributed by atoms with Gasteiger partial charge in [0.1, 0.15) is 12.4 Å². The van der Waals surface area contributed by atoms with Crippen molar-refractivity contribution in [1.29, 1.82) is 0 Å². The lowest BCUT2D eigenvalue weighted by Gasteiger charge is -2.37. The molecule has 3 nitrogen and oxygen atoms in total. The highest BCUT2D eigenvalue weighted by molar-refractivity contribution is 5.63. The van der Waals surface area contributed by atoms with Crippen molar-refractivity contribution in [2.24, 2.45) is 5.92 Å². The van der Waals surface area contributed by atoms with E-state index in [1.54, 1.807) is 5.56 Å². The summed E-state index contributed by atoms with van der Waals surface area (Å²) in [5.74, 6) is 1.96. The van der Waals surface area contributed by atoms with Crippen molar-refractivity contribution < 1.29 is 4.74 Å². The van der Waals surface area contributed by atoms with Gasteiger partial charge in [0, 0.05) is 6.54 Å². The predicted molar refractivity (Wildman–Crippen MR) is 112 cm³/mol. The van der Waals surface area contributed by atoms with Crippen LogP contribution in [0.15, 0.2) is 12.1 Å². The second-order valence-corrected chi connectivity index (χ2v) is 8.34. The Balaban J connectivity index is 1.75. The lowest BCUT2D eigenvalue weighted by Crippen LogP contribution is -2.40. The number of hydrogen-bond acceptors (Lipinski definition) is 3. The van der Waals surface area contributed by atoms with E-state index in [1.165, 1.54) is 82.3 Å². The van der Waals surface area contributed by atoms with Gasteiger partial charge < -0.3 is 14.5 Å². The zero-order chi connectivity index (χ0) is 18.4. The highest BCUT2D eigenvalue weighted by atomic mass is 16.5. The number of likely N-dealkylation sites (tertiary alicyclic amines) is 1. The summed E-state index contributed by atoms with van der Waals surface area (Å²) in [5.41, 5.74) is 4.44. The van der Waals surface area contributed by atoms with Crippen molar-refractivity contribution in [1.82, 2.24) is 4.90 Å². The van der Waals surface area contributed by atoms with Crippen LogP contribution in [0.5, 0.6) is 5.75 Å². The summed E-state index contributed by atoms with van der Waals surface area (Å²) in [5, 5.41) is 0. The molecule has 2 heterocycles. The third kappa shape index (κ3) is 4.94. The molecule has 1 fully saturated rings. The first-order valence-electron chi connectivity index (χ1n) is 10.9. The molecule has 0 saturated carbocycles. The number of fused-ring (bicyclic) bond motifs is 1. The number of benzene rings is 1. The highest BCUT2D eigenvalue weighted by Gasteiger charge is 2.25. The molecule has 0 atom stereocenters. The van der Waals surface area contributed by atoms with Gasteiger partial charge in [-0.3, -0.25) is 0 Å². The van der Waals surface area contributed by atoms with Crippen LogP contribution in [0.2, 0.25) is 0 Å². The number of rotatable bonds is 8. The minimum atomic E-state index is 0.830. The molecule has 0 bridgehead atoms. The normalized spacial score (nSPS) is 18.7. The molecule has 1 aromatic carbocycles. The quantitative estimate of drug-likeness (QED) is 0.614. The lowest BCUT2D eigenvalue weighted by atomic mass is 9.94. The summed E-state index contributed by atoms with van der Waals surface area (Å²) >= 11 is 0. The molecule has 3 heteroatoms. The average molecular weight is 359 g/mol. The number of ether oxygens (including phenoxy) is 1. The van der Waals surface area contributed by atoms with Crippen molar-refractivity contribution in [3.05, 3.63) is 23.3 Å². The number of anilines is 1. The van der Waals surface area contributed by atoms with Crippen LogP contribution in [-0.2, 0) is 12.8 Å². The maximum atomic E-state index is 6.09. The maximum Gasteiger partial charge on any atom is 0.142 e. The smallest absolute Gasteiger partial charge is 0.142 e. The van der Waals surface area contributed by atoms with E-state index >= 15 is 0 Å². The average Bonchev–Trinajstić information content (AvgIpc) is 2.65. The summed E-state index contributed by atoms with van der Waals surface area (Å²) in [6.07, 6.45) is 10.2. The fraction of sp³-hybridized carbons (Fsp3) is 0.739. The van der Waals surface area contributed by atoms with Crippen LogP contribution < -0.4 is 9.64 Å². The first-order valence-corrected chi connectivity index (χ1v) is 10.9. The Morgan fingerprint density at radius 1 is 0.962 bits per heavy atom. The van der Waals surface area contributed by atoms with Crippen LogP contribution in [0.3, 0.4) is 0 Å². The van der Waals surface area contributed by atoms with Gasteiger partial charge in [0.15, 0.2) is 0 Å². The van der Waals surface area contributed by atoms with Crippen LogP contribution in [-0.4, -0.2) is 44.7 Å². The Morgan fingerprint density at radius 3 is 2.46 bits per heavy atom. The van der Waals surface area contributed by atoms with E-state index in [0.29, 0.717) is 0 Å². The van der Waals surface area contributed by atoms with E-state index in [4.69, 9.17) is 4.74 Å². The van der Waals surface area contributed by atoms with E-state index in [9.17, 15) is 0 Å². The van der Waals surface area contributed by atoms with Gasteiger partial charge in [-0.05, 0) is 81.4 Å². The molecule has 0 radical (unpaired) electrons. The molecule has 0 aliphatic carbocycles. The third-order valence-electron chi connectivity index (χ3n) is 6.13. The molecule has 1 saturated heterocycles. The number of hydrogen-bond donors (Lipinski definition) is 0. The van der Waals surface area contributed by atoms with Gasteiger partial charge in [0.25, 0.3) is 0 Å². The van der Waals surface area contributed by atoms with Crippen molar-refractivity contribution in [2.75, 3.05) is 44.7 Å². The van der Waals surface area contributed by atoms with Crippen LogP contribution in [0.4, 0.5) is 5.69 Å². The van der Waals surface area contributed by atoms with Crippen LogP contribution in [0, 0.1) is 5.92 Å². The van der Waals surface area contributed by atoms with Gasteiger partial charge in [-0.1, -0.05) is 33.1 Å². The van der Waals surface area contributed by atoms with Crippen molar-refractivity contribution >= 4 is 5.69 Å². The topological polar surface area (TPSA) is 15.7 Å². The van der Waals surface area contributed by atoms with E-state index in [1.807, 2.05) is 0 Å². The number of unbranched alkanes of at least 4 members (excludes halogenated alkanes) is 2. The zero-order valence-electron chi connectivity index (χ0n) is 17.2. The standard InChI is InChI=1S/C23H38N2O/c1-4-6-7-9-21-17-23-22(16-20(21)8-5-2)25(14-15-26-23)18-19-10-12-24(3)13-11-19/h16-17,19H,4-15,18H2,1-3H3. The molecule has 0 aromatic heterocycles. The third-order valence-corrected chi connectivity index (χ3v) is 6.13. The van der Waals surface area contributed by atoms with Gasteiger partial charge in [-0.25, -0.2) is 0 Å². The molecule has 3 rings (SSSR count). The molecule has 2 aliphatic heterocycles. The Bertz CT molecular complexity index is 564. The monoisotopic (exact) mass is 358 g/mol. The molecule has 0 amide bonds. The van der Waals surface area contributed by atoms with Gasteiger partial charge in [-0.2, -0.15) is 0 Å². The molecular weight excluding hydrogens is 320 g/mol. The largest absolute Gasteiger partial charge is 0.490 e. The van der Waals surface area contributed by atoms with Crippen LogP contribution in [0.1, 0.15) is 63.5 Å².